The summed E-state index contributed by atoms with van der Waals surface area (Å²) in [4.78, 5) is 10.3. The Labute approximate surface area is 82.7 Å². The number of hydrogen-bond acceptors (Lipinski definition) is 3. The van der Waals surface area contributed by atoms with Gasteiger partial charge in [-0.2, -0.15) is 0 Å². The SMILES string of the molecule is CCCCn1cc(CCC(=O)O)nn1. The summed E-state index contributed by atoms with van der Waals surface area (Å²) in [6.45, 7) is 2.97. The topological polar surface area (TPSA) is 68.0 Å². The predicted octanol–water partition coefficient (Wildman–Crippen LogP) is 1.10. The lowest BCUT2D eigenvalue weighted by Crippen LogP contribution is -1.98. The van der Waals surface area contributed by atoms with E-state index in [4.69, 9.17) is 5.11 Å². The molecule has 1 aromatic heterocycles. The Morgan fingerprint density at radius 1 is 1.64 bits per heavy atom. The highest BCUT2D eigenvalue weighted by Gasteiger charge is 2.03. The first-order valence-electron chi connectivity index (χ1n) is 4.83. The molecular formula is C9H15N3O2. The first-order chi connectivity index (χ1) is 6.72. The lowest BCUT2D eigenvalue weighted by atomic mass is 10.2. The standard InChI is InChI=1S/C9H15N3O2/c1-2-3-6-12-7-8(10-11-12)4-5-9(13)14/h7H,2-6H2,1H3,(H,13,14). The van der Waals surface area contributed by atoms with Crippen LogP contribution in [0.4, 0.5) is 0 Å². The molecule has 0 saturated carbocycles. The van der Waals surface area contributed by atoms with Crippen LogP contribution in [0.2, 0.25) is 0 Å². The van der Waals surface area contributed by atoms with Gasteiger partial charge in [-0.25, -0.2) is 0 Å². The highest BCUT2D eigenvalue weighted by atomic mass is 16.4. The van der Waals surface area contributed by atoms with Gasteiger partial charge in [-0.1, -0.05) is 18.6 Å². The number of unbranched alkanes of at least 4 members (excludes halogenated alkanes) is 1. The van der Waals surface area contributed by atoms with E-state index in [1.165, 1.54) is 0 Å². The van der Waals surface area contributed by atoms with Gasteiger partial charge in [0.15, 0.2) is 0 Å². The molecule has 1 N–H and O–H groups in total. The third-order valence-corrected chi connectivity index (χ3v) is 1.92. The molecule has 0 bridgehead atoms. The lowest BCUT2D eigenvalue weighted by Gasteiger charge is -1.95. The molecule has 0 aliphatic rings. The van der Waals surface area contributed by atoms with Crippen molar-refractivity contribution in [3.8, 4) is 0 Å². The Morgan fingerprint density at radius 2 is 2.43 bits per heavy atom. The smallest absolute Gasteiger partial charge is 0.303 e. The molecule has 0 amide bonds. The zero-order valence-corrected chi connectivity index (χ0v) is 8.31. The van der Waals surface area contributed by atoms with E-state index in [-0.39, 0.29) is 6.42 Å². The summed E-state index contributed by atoms with van der Waals surface area (Å²) in [7, 11) is 0. The van der Waals surface area contributed by atoms with Crippen LogP contribution in [0.3, 0.4) is 0 Å². The maximum Gasteiger partial charge on any atom is 0.303 e. The third-order valence-electron chi connectivity index (χ3n) is 1.92. The molecule has 0 saturated heterocycles. The van der Waals surface area contributed by atoms with Gasteiger partial charge in [0.25, 0.3) is 0 Å². The second-order valence-electron chi connectivity index (χ2n) is 3.22. The second kappa shape index (κ2) is 5.36. The summed E-state index contributed by atoms with van der Waals surface area (Å²) in [5.41, 5.74) is 0.753. The number of aromatic nitrogens is 3. The summed E-state index contributed by atoms with van der Waals surface area (Å²) in [6, 6.07) is 0. The number of aryl methyl sites for hydroxylation is 2. The van der Waals surface area contributed by atoms with Gasteiger partial charge in [-0.05, 0) is 6.42 Å². The van der Waals surface area contributed by atoms with Gasteiger partial charge in [-0.15, -0.1) is 5.10 Å². The van der Waals surface area contributed by atoms with Gasteiger partial charge in [0, 0.05) is 19.2 Å². The Balaban J connectivity index is 2.38. The van der Waals surface area contributed by atoms with Crippen molar-refractivity contribution in [2.24, 2.45) is 0 Å². The van der Waals surface area contributed by atoms with E-state index < -0.39 is 5.97 Å². The van der Waals surface area contributed by atoms with Gasteiger partial charge < -0.3 is 5.11 Å². The predicted molar refractivity (Wildman–Crippen MR) is 50.9 cm³/mol. The molecule has 78 valence electrons. The number of hydrogen-bond donors (Lipinski definition) is 1. The molecule has 0 aliphatic heterocycles. The monoisotopic (exact) mass is 197 g/mol. The van der Waals surface area contributed by atoms with Crippen LogP contribution in [-0.2, 0) is 17.8 Å². The van der Waals surface area contributed by atoms with Gasteiger partial charge >= 0.3 is 5.97 Å². The molecule has 0 atom stereocenters. The number of nitrogens with zero attached hydrogens (tertiary/aromatic N) is 3. The Kier molecular flexibility index (Phi) is 4.10. The van der Waals surface area contributed by atoms with Gasteiger partial charge in [0.1, 0.15) is 0 Å². The average Bonchev–Trinajstić information content (AvgIpc) is 2.59. The van der Waals surface area contributed by atoms with Crippen LogP contribution in [0.15, 0.2) is 6.20 Å². The minimum absolute atomic E-state index is 0.118. The lowest BCUT2D eigenvalue weighted by molar-refractivity contribution is -0.136. The molecule has 1 rings (SSSR count). The molecule has 5 nitrogen and oxygen atoms in total. The molecular weight excluding hydrogens is 182 g/mol. The molecule has 0 spiro atoms. The van der Waals surface area contributed by atoms with Crippen molar-refractivity contribution in [1.82, 2.24) is 15.0 Å². The Bertz CT molecular complexity index is 296. The van der Waals surface area contributed by atoms with E-state index in [0.717, 1.165) is 25.1 Å². The van der Waals surface area contributed by atoms with Crippen molar-refractivity contribution < 1.29 is 9.90 Å². The first-order valence-corrected chi connectivity index (χ1v) is 4.83. The summed E-state index contributed by atoms with van der Waals surface area (Å²) >= 11 is 0. The van der Waals surface area contributed by atoms with E-state index in [9.17, 15) is 4.79 Å². The van der Waals surface area contributed by atoms with Crippen molar-refractivity contribution in [3.05, 3.63) is 11.9 Å². The fraction of sp³-hybridized carbons (Fsp3) is 0.667. The van der Waals surface area contributed by atoms with E-state index in [1.807, 2.05) is 6.20 Å². The summed E-state index contributed by atoms with van der Waals surface area (Å²) in [6.07, 6.45) is 4.58. The number of aliphatic carboxylic acids is 1. The van der Waals surface area contributed by atoms with Crippen molar-refractivity contribution in [2.45, 2.75) is 39.2 Å². The van der Waals surface area contributed by atoms with Gasteiger partial charge in [0.05, 0.1) is 12.1 Å². The Hall–Kier alpha value is -1.39. The molecule has 0 aliphatic carbocycles. The summed E-state index contributed by atoms with van der Waals surface area (Å²) < 4.78 is 1.76. The van der Waals surface area contributed by atoms with E-state index in [0.29, 0.717) is 6.42 Å². The van der Waals surface area contributed by atoms with Crippen LogP contribution in [0.25, 0.3) is 0 Å². The maximum atomic E-state index is 10.3. The van der Waals surface area contributed by atoms with Crippen LogP contribution in [-0.4, -0.2) is 26.1 Å². The minimum Gasteiger partial charge on any atom is -0.481 e. The Morgan fingerprint density at radius 3 is 3.07 bits per heavy atom. The fourth-order valence-corrected chi connectivity index (χ4v) is 1.12. The van der Waals surface area contributed by atoms with Crippen molar-refractivity contribution >= 4 is 5.97 Å². The maximum absolute atomic E-state index is 10.3. The van der Waals surface area contributed by atoms with Crippen LogP contribution in [0.1, 0.15) is 31.9 Å². The van der Waals surface area contributed by atoms with E-state index >= 15 is 0 Å². The quantitative estimate of drug-likeness (QED) is 0.741. The van der Waals surface area contributed by atoms with Crippen LogP contribution >= 0.6 is 0 Å². The number of rotatable bonds is 6. The summed E-state index contributed by atoms with van der Waals surface area (Å²) in [5.74, 6) is -0.798. The fourth-order valence-electron chi connectivity index (χ4n) is 1.12. The molecule has 0 unspecified atom stereocenters. The third kappa shape index (κ3) is 3.55. The normalized spacial score (nSPS) is 10.4. The van der Waals surface area contributed by atoms with Crippen molar-refractivity contribution in [1.29, 1.82) is 0 Å². The molecule has 14 heavy (non-hydrogen) atoms. The molecule has 0 radical (unpaired) electrons. The zero-order chi connectivity index (χ0) is 10.4. The van der Waals surface area contributed by atoms with Crippen LogP contribution in [0.5, 0.6) is 0 Å². The highest BCUT2D eigenvalue weighted by molar-refractivity contribution is 5.66. The highest BCUT2D eigenvalue weighted by Crippen LogP contribution is 1.99. The first kappa shape index (κ1) is 10.7. The van der Waals surface area contributed by atoms with Gasteiger partial charge in [-0.3, -0.25) is 9.48 Å². The largest absolute Gasteiger partial charge is 0.481 e. The van der Waals surface area contributed by atoms with Crippen LogP contribution < -0.4 is 0 Å². The number of carbonyl (C=O) groups is 1. The van der Waals surface area contributed by atoms with Crippen molar-refractivity contribution in [3.63, 3.8) is 0 Å². The van der Waals surface area contributed by atoms with E-state index in [2.05, 4.69) is 17.2 Å². The van der Waals surface area contributed by atoms with E-state index in [1.54, 1.807) is 4.68 Å². The molecule has 1 aromatic rings. The van der Waals surface area contributed by atoms with Crippen LogP contribution in [0, 0.1) is 0 Å². The van der Waals surface area contributed by atoms with Crippen molar-refractivity contribution in [2.75, 3.05) is 0 Å². The molecule has 0 fully saturated rings. The number of carboxylic acids is 1. The molecule has 0 aromatic carbocycles. The van der Waals surface area contributed by atoms with Gasteiger partial charge in [0.2, 0.25) is 0 Å². The summed E-state index contributed by atoms with van der Waals surface area (Å²) in [5, 5.41) is 16.3. The number of carboxylic acid groups (broad SMARTS) is 1. The second-order valence-corrected chi connectivity index (χ2v) is 3.22. The molecule has 5 heteroatoms. The molecule has 1 heterocycles. The average molecular weight is 197 g/mol. The zero-order valence-electron chi connectivity index (χ0n) is 8.31. The minimum atomic E-state index is -0.798.